The maximum absolute atomic E-state index is 11.7. The Morgan fingerprint density at radius 3 is 2.15 bits per heavy atom. The first kappa shape index (κ1) is 11.9. The average molecular weight is 181 g/mol. The van der Waals surface area contributed by atoms with Crippen LogP contribution in [0.15, 0.2) is 24.8 Å². The summed E-state index contributed by atoms with van der Waals surface area (Å²) >= 11 is 0. The van der Waals surface area contributed by atoms with Gasteiger partial charge in [0, 0.05) is 17.7 Å². The summed E-state index contributed by atoms with van der Waals surface area (Å²) in [5.41, 5.74) is 0.390. The molecule has 1 amide bonds. The van der Waals surface area contributed by atoms with Gasteiger partial charge in [-0.15, -0.1) is 6.58 Å². The molecule has 0 aliphatic carbocycles. The molecule has 0 heterocycles. The van der Waals surface area contributed by atoms with E-state index in [1.165, 1.54) is 0 Å². The van der Waals surface area contributed by atoms with E-state index in [0.717, 1.165) is 0 Å². The monoisotopic (exact) mass is 181 g/mol. The third kappa shape index (κ3) is 3.45. The Labute approximate surface area is 80.9 Å². The van der Waals surface area contributed by atoms with Crippen molar-refractivity contribution in [1.82, 2.24) is 4.90 Å². The molecule has 0 saturated heterocycles. The lowest BCUT2D eigenvalue weighted by Crippen LogP contribution is -2.45. The summed E-state index contributed by atoms with van der Waals surface area (Å²) < 4.78 is 0. The van der Waals surface area contributed by atoms with Crippen molar-refractivity contribution in [3.63, 3.8) is 0 Å². The minimum Gasteiger partial charge on any atom is -0.330 e. The molecule has 0 fully saturated rings. The molecule has 0 aliphatic heterocycles. The maximum atomic E-state index is 11.7. The summed E-state index contributed by atoms with van der Waals surface area (Å²) in [5, 5.41) is 0. The number of hydrogen-bond acceptors (Lipinski definition) is 1. The normalized spacial score (nSPS) is 10.8. The van der Waals surface area contributed by atoms with Gasteiger partial charge in [-0.3, -0.25) is 4.79 Å². The van der Waals surface area contributed by atoms with Crippen LogP contribution in [0.3, 0.4) is 0 Å². The zero-order valence-corrected chi connectivity index (χ0v) is 9.05. The highest BCUT2D eigenvalue weighted by Gasteiger charge is 2.25. The Morgan fingerprint density at radius 1 is 1.46 bits per heavy atom. The van der Waals surface area contributed by atoms with Crippen LogP contribution >= 0.6 is 0 Å². The lowest BCUT2D eigenvalue weighted by Gasteiger charge is -2.35. The molecule has 0 aromatic rings. The third-order valence-corrected chi connectivity index (χ3v) is 1.73. The molecule has 0 atom stereocenters. The lowest BCUT2D eigenvalue weighted by atomic mass is 10.0. The standard InChI is InChI=1S/C11H19NO/c1-7-8-12(11(4,5)6)10(13)9(2)3/h7H,1-2,8H2,3-6H3. The van der Waals surface area contributed by atoms with Crippen molar-refractivity contribution in [2.45, 2.75) is 33.2 Å². The smallest absolute Gasteiger partial charge is 0.249 e. The van der Waals surface area contributed by atoms with Gasteiger partial charge in [-0.25, -0.2) is 0 Å². The van der Waals surface area contributed by atoms with Crippen LogP contribution in [0.2, 0.25) is 0 Å². The quantitative estimate of drug-likeness (QED) is 0.483. The molecular weight excluding hydrogens is 162 g/mol. The van der Waals surface area contributed by atoms with Crippen LogP contribution in [0.1, 0.15) is 27.7 Å². The van der Waals surface area contributed by atoms with Gasteiger partial charge in [0.1, 0.15) is 0 Å². The molecule has 74 valence electrons. The van der Waals surface area contributed by atoms with E-state index in [1.54, 1.807) is 17.9 Å². The molecular formula is C11H19NO. The molecule has 2 heteroatoms. The van der Waals surface area contributed by atoms with Crippen molar-refractivity contribution in [3.8, 4) is 0 Å². The summed E-state index contributed by atoms with van der Waals surface area (Å²) in [6.07, 6.45) is 1.73. The molecule has 0 bridgehead atoms. The van der Waals surface area contributed by atoms with Gasteiger partial charge in [-0.2, -0.15) is 0 Å². The summed E-state index contributed by atoms with van der Waals surface area (Å²) in [6, 6.07) is 0. The molecule has 0 aromatic carbocycles. The van der Waals surface area contributed by atoms with Gasteiger partial charge in [0.05, 0.1) is 0 Å². The lowest BCUT2D eigenvalue weighted by molar-refractivity contribution is -0.130. The van der Waals surface area contributed by atoms with Crippen molar-refractivity contribution >= 4 is 5.91 Å². The highest BCUT2D eigenvalue weighted by Crippen LogP contribution is 2.15. The maximum Gasteiger partial charge on any atom is 0.249 e. The van der Waals surface area contributed by atoms with Crippen LogP contribution < -0.4 is 0 Å². The number of rotatable bonds is 3. The van der Waals surface area contributed by atoms with E-state index < -0.39 is 0 Å². The molecule has 0 aromatic heterocycles. The Bertz CT molecular complexity index is 223. The van der Waals surface area contributed by atoms with Crippen LogP contribution in [-0.2, 0) is 4.79 Å². The first-order valence-electron chi connectivity index (χ1n) is 4.39. The topological polar surface area (TPSA) is 20.3 Å². The van der Waals surface area contributed by atoms with E-state index in [1.807, 2.05) is 20.8 Å². The van der Waals surface area contributed by atoms with Gasteiger partial charge < -0.3 is 4.90 Å². The molecule has 0 radical (unpaired) electrons. The zero-order chi connectivity index (χ0) is 10.6. The van der Waals surface area contributed by atoms with Gasteiger partial charge in [-0.1, -0.05) is 12.7 Å². The number of carbonyl (C=O) groups is 1. The molecule has 13 heavy (non-hydrogen) atoms. The zero-order valence-electron chi connectivity index (χ0n) is 9.05. The van der Waals surface area contributed by atoms with E-state index in [0.29, 0.717) is 12.1 Å². The second-order valence-electron chi connectivity index (χ2n) is 4.16. The van der Waals surface area contributed by atoms with Gasteiger partial charge >= 0.3 is 0 Å². The van der Waals surface area contributed by atoms with Crippen LogP contribution in [0, 0.1) is 0 Å². The molecule has 0 aliphatic rings. The molecule has 0 N–H and O–H groups in total. The van der Waals surface area contributed by atoms with E-state index in [-0.39, 0.29) is 11.4 Å². The molecule has 2 nitrogen and oxygen atoms in total. The SMILES string of the molecule is C=CCN(C(=O)C(=C)C)C(C)(C)C. The number of amides is 1. The largest absolute Gasteiger partial charge is 0.330 e. The Balaban J connectivity index is 4.71. The second kappa shape index (κ2) is 4.26. The van der Waals surface area contributed by atoms with E-state index in [9.17, 15) is 4.79 Å². The van der Waals surface area contributed by atoms with Crippen LogP contribution in [0.4, 0.5) is 0 Å². The van der Waals surface area contributed by atoms with E-state index in [2.05, 4.69) is 13.2 Å². The van der Waals surface area contributed by atoms with Gasteiger partial charge in [-0.05, 0) is 27.7 Å². The van der Waals surface area contributed by atoms with Crippen molar-refractivity contribution in [1.29, 1.82) is 0 Å². The molecule has 0 unspecified atom stereocenters. The summed E-state index contributed by atoms with van der Waals surface area (Å²) in [4.78, 5) is 13.4. The summed E-state index contributed by atoms with van der Waals surface area (Å²) in [5.74, 6) is -0.00704. The minimum absolute atomic E-state index is 0.00704. The summed E-state index contributed by atoms with van der Waals surface area (Å²) in [6.45, 7) is 15.6. The highest BCUT2D eigenvalue weighted by molar-refractivity contribution is 5.92. The summed E-state index contributed by atoms with van der Waals surface area (Å²) in [7, 11) is 0. The third-order valence-electron chi connectivity index (χ3n) is 1.73. The predicted octanol–water partition coefficient (Wildman–Crippen LogP) is 2.38. The first-order valence-corrected chi connectivity index (χ1v) is 4.39. The van der Waals surface area contributed by atoms with Gasteiger partial charge in [0.2, 0.25) is 5.91 Å². The van der Waals surface area contributed by atoms with Crippen molar-refractivity contribution in [2.75, 3.05) is 6.54 Å². The van der Waals surface area contributed by atoms with Crippen LogP contribution in [-0.4, -0.2) is 22.9 Å². The fraction of sp³-hybridized carbons (Fsp3) is 0.545. The fourth-order valence-electron chi connectivity index (χ4n) is 1.02. The van der Waals surface area contributed by atoms with E-state index in [4.69, 9.17) is 0 Å². The number of carbonyl (C=O) groups excluding carboxylic acids is 1. The predicted molar refractivity (Wildman–Crippen MR) is 56.5 cm³/mol. The minimum atomic E-state index is -0.176. The van der Waals surface area contributed by atoms with Crippen molar-refractivity contribution in [2.24, 2.45) is 0 Å². The Morgan fingerprint density at radius 2 is 1.92 bits per heavy atom. The van der Waals surface area contributed by atoms with E-state index >= 15 is 0 Å². The van der Waals surface area contributed by atoms with Gasteiger partial charge in [0.25, 0.3) is 0 Å². The van der Waals surface area contributed by atoms with Crippen molar-refractivity contribution < 1.29 is 4.79 Å². The number of hydrogen-bond donors (Lipinski definition) is 0. The Hall–Kier alpha value is -1.05. The van der Waals surface area contributed by atoms with Crippen LogP contribution in [0.5, 0.6) is 0 Å². The average Bonchev–Trinajstić information content (AvgIpc) is 1.96. The Kier molecular flexibility index (Phi) is 3.92. The molecule has 0 saturated carbocycles. The fourth-order valence-corrected chi connectivity index (χ4v) is 1.02. The second-order valence-corrected chi connectivity index (χ2v) is 4.16. The highest BCUT2D eigenvalue weighted by atomic mass is 16.2. The van der Waals surface area contributed by atoms with Gasteiger partial charge in [0.15, 0.2) is 0 Å². The molecule has 0 rings (SSSR count). The molecule has 0 spiro atoms. The van der Waals surface area contributed by atoms with Crippen LogP contribution in [0.25, 0.3) is 0 Å². The van der Waals surface area contributed by atoms with Crippen molar-refractivity contribution in [3.05, 3.63) is 24.8 Å². The first-order chi connectivity index (χ1) is 5.80. The number of nitrogens with zero attached hydrogens (tertiary/aromatic N) is 1.